The first kappa shape index (κ1) is 16.4. The van der Waals surface area contributed by atoms with Crippen molar-refractivity contribution in [3.8, 4) is 0 Å². The van der Waals surface area contributed by atoms with Crippen molar-refractivity contribution in [2.75, 3.05) is 32.7 Å². The van der Waals surface area contributed by atoms with Gasteiger partial charge in [-0.1, -0.05) is 12.8 Å². The summed E-state index contributed by atoms with van der Waals surface area (Å²) in [7, 11) is 0. The summed E-state index contributed by atoms with van der Waals surface area (Å²) in [6.07, 6.45) is 8.34. The van der Waals surface area contributed by atoms with Crippen molar-refractivity contribution in [1.29, 1.82) is 0 Å². The Kier molecular flexibility index (Phi) is 5.62. The van der Waals surface area contributed by atoms with Crippen LogP contribution in [0.25, 0.3) is 0 Å². The van der Waals surface area contributed by atoms with Crippen LogP contribution in [0.5, 0.6) is 0 Å². The molecule has 126 valence electrons. The van der Waals surface area contributed by atoms with Gasteiger partial charge < -0.3 is 10.2 Å². The molecule has 2 fully saturated rings. The van der Waals surface area contributed by atoms with Gasteiger partial charge in [0, 0.05) is 51.2 Å². The van der Waals surface area contributed by atoms with Gasteiger partial charge in [0.2, 0.25) is 5.91 Å². The number of nitrogens with one attached hydrogen (secondary N) is 1. The lowest BCUT2D eigenvalue weighted by atomic mass is 10.0. The summed E-state index contributed by atoms with van der Waals surface area (Å²) in [6.45, 7) is 6.76. The molecule has 2 saturated heterocycles. The van der Waals surface area contributed by atoms with Crippen molar-refractivity contribution in [3.63, 3.8) is 0 Å². The minimum Gasteiger partial charge on any atom is -0.341 e. The number of aromatic nitrogens is 1. The molecule has 3 heterocycles. The number of hydrogen-bond acceptors (Lipinski definition) is 4. The average molecular weight is 316 g/mol. The van der Waals surface area contributed by atoms with Gasteiger partial charge in [-0.2, -0.15) is 0 Å². The van der Waals surface area contributed by atoms with Crippen LogP contribution in [-0.4, -0.2) is 59.5 Å². The van der Waals surface area contributed by atoms with Crippen LogP contribution in [0, 0.1) is 0 Å². The number of carbonyl (C=O) groups is 1. The third-order valence-corrected chi connectivity index (χ3v) is 4.94. The molecule has 2 unspecified atom stereocenters. The normalized spacial score (nSPS) is 24.9. The van der Waals surface area contributed by atoms with E-state index in [-0.39, 0.29) is 11.9 Å². The minimum absolute atomic E-state index is 0.166. The monoisotopic (exact) mass is 316 g/mol. The summed E-state index contributed by atoms with van der Waals surface area (Å²) in [5.74, 6) is 0.271. The Labute approximate surface area is 139 Å². The van der Waals surface area contributed by atoms with Gasteiger partial charge in [0.25, 0.3) is 0 Å². The summed E-state index contributed by atoms with van der Waals surface area (Å²) in [5, 5.41) is 3.47. The lowest BCUT2D eigenvalue weighted by Gasteiger charge is -2.39. The number of piperazine rings is 1. The molecule has 0 saturated carbocycles. The second-order valence-electron chi connectivity index (χ2n) is 6.77. The first-order valence-electron chi connectivity index (χ1n) is 8.92. The molecule has 23 heavy (non-hydrogen) atoms. The maximum Gasteiger partial charge on any atom is 0.244 e. The second kappa shape index (κ2) is 7.88. The summed E-state index contributed by atoms with van der Waals surface area (Å²) in [5.41, 5.74) is 1.07. The lowest BCUT2D eigenvalue weighted by molar-refractivity contribution is -0.137. The second-order valence-corrected chi connectivity index (χ2v) is 6.77. The third-order valence-electron chi connectivity index (χ3n) is 4.94. The topological polar surface area (TPSA) is 48.5 Å². The average Bonchev–Trinajstić information content (AvgIpc) is 2.85. The van der Waals surface area contributed by atoms with Crippen LogP contribution in [-0.2, 0) is 4.79 Å². The van der Waals surface area contributed by atoms with Crippen molar-refractivity contribution in [3.05, 3.63) is 30.1 Å². The van der Waals surface area contributed by atoms with Gasteiger partial charge in [0.1, 0.15) is 6.04 Å². The molecule has 2 aliphatic rings. The summed E-state index contributed by atoms with van der Waals surface area (Å²) < 4.78 is 0. The van der Waals surface area contributed by atoms with Gasteiger partial charge in [-0.3, -0.25) is 14.7 Å². The first-order chi connectivity index (χ1) is 11.3. The molecule has 2 atom stereocenters. The predicted molar refractivity (Wildman–Crippen MR) is 91.1 cm³/mol. The minimum atomic E-state index is -0.166. The van der Waals surface area contributed by atoms with Gasteiger partial charge in [0.15, 0.2) is 0 Å². The highest BCUT2D eigenvalue weighted by Gasteiger charge is 2.33. The molecule has 3 rings (SSSR count). The van der Waals surface area contributed by atoms with Gasteiger partial charge in [-0.15, -0.1) is 0 Å². The van der Waals surface area contributed by atoms with Gasteiger partial charge in [0.05, 0.1) is 0 Å². The van der Waals surface area contributed by atoms with Crippen LogP contribution >= 0.6 is 0 Å². The number of carbonyl (C=O) groups excluding carboxylic acids is 1. The van der Waals surface area contributed by atoms with Gasteiger partial charge in [-0.05, 0) is 37.5 Å². The fourth-order valence-corrected chi connectivity index (χ4v) is 3.72. The van der Waals surface area contributed by atoms with Crippen molar-refractivity contribution in [2.45, 2.75) is 44.7 Å². The van der Waals surface area contributed by atoms with E-state index in [4.69, 9.17) is 0 Å². The van der Waals surface area contributed by atoms with E-state index in [9.17, 15) is 4.79 Å². The molecular weight excluding hydrogens is 288 g/mol. The molecule has 1 amide bonds. The molecule has 0 radical (unpaired) electrons. The number of pyridine rings is 1. The first-order valence-corrected chi connectivity index (χ1v) is 8.92. The molecule has 0 spiro atoms. The quantitative estimate of drug-likeness (QED) is 0.924. The SMILES string of the molecule is CC1CN(C(C(=O)N2CCCCCC2)c2ccncc2)CCN1. The van der Waals surface area contributed by atoms with Gasteiger partial charge >= 0.3 is 0 Å². The van der Waals surface area contributed by atoms with Gasteiger partial charge in [-0.25, -0.2) is 0 Å². The van der Waals surface area contributed by atoms with E-state index in [1.54, 1.807) is 12.4 Å². The molecular formula is C18H28N4O. The van der Waals surface area contributed by atoms with E-state index in [1.807, 2.05) is 12.1 Å². The molecule has 0 aliphatic carbocycles. The molecule has 0 bridgehead atoms. The van der Waals surface area contributed by atoms with E-state index in [2.05, 4.69) is 27.0 Å². The summed E-state index contributed by atoms with van der Waals surface area (Å²) >= 11 is 0. The third kappa shape index (κ3) is 4.09. The van der Waals surface area contributed by atoms with E-state index in [0.717, 1.165) is 51.1 Å². The Hall–Kier alpha value is -1.46. The van der Waals surface area contributed by atoms with Crippen molar-refractivity contribution in [2.24, 2.45) is 0 Å². The molecule has 0 aromatic carbocycles. The largest absolute Gasteiger partial charge is 0.341 e. The number of nitrogens with zero attached hydrogens (tertiary/aromatic N) is 3. The molecule has 1 N–H and O–H groups in total. The Morgan fingerprint density at radius 1 is 1.17 bits per heavy atom. The number of rotatable bonds is 3. The Bertz CT molecular complexity index is 499. The molecule has 2 aliphatic heterocycles. The highest BCUT2D eigenvalue weighted by atomic mass is 16.2. The summed E-state index contributed by atoms with van der Waals surface area (Å²) in [4.78, 5) is 21.8. The van der Waals surface area contributed by atoms with Crippen LogP contribution in [0.4, 0.5) is 0 Å². The standard InChI is InChI=1S/C18H28N4O/c1-15-14-22(13-10-20-15)17(16-6-8-19-9-7-16)18(23)21-11-4-2-3-5-12-21/h6-9,15,17,20H,2-5,10-14H2,1H3. The van der Waals surface area contributed by atoms with E-state index >= 15 is 0 Å². The van der Waals surface area contributed by atoms with Crippen molar-refractivity contribution < 1.29 is 4.79 Å². The fraction of sp³-hybridized carbons (Fsp3) is 0.667. The van der Waals surface area contributed by atoms with Crippen LogP contribution in [0.3, 0.4) is 0 Å². The zero-order valence-electron chi connectivity index (χ0n) is 14.1. The molecule has 1 aromatic rings. The number of likely N-dealkylation sites (tertiary alicyclic amines) is 1. The molecule has 1 aromatic heterocycles. The maximum absolute atomic E-state index is 13.3. The van der Waals surface area contributed by atoms with E-state index in [1.165, 1.54) is 12.8 Å². The van der Waals surface area contributed by atoms with E-state index < -0.39 is 0 Å². The zero-order chi connectivity index (χ0) is 16.1. The summed E-state index contributed by atoms with van der Waals surface area (Å²) in [6, 6.07) is 4.24. The Balaban J connectivity index is 1.83. The molecule has 5 nitrogen and oxygen atoms in total. The lowest BCUT2D eigenvalue weighted by Crippen LogP contribution is -2.53. The highest BCUT2D eigenvalue weighted by Crippen LogP contribution is 2.25. The number of amides is 1. The van der Waals surface area contributed by atoms with E-state index in [0.29, 0.717) is 6.04 Å². The fourth-order valence-electron chi connectivity index (χ4n) is 3.72. The predicted octanol–water partition coefficient (Wildman–Crippen LogP) is 1.82. The highest BCUT2D eigenvalue weighted by molar-refractivity contribution is 5.83. The number of hydrogen-bond donors (Lipinski definition) is 1. The Morgan fingerprint density at radius 2 is 1.87 bits per heavy atom. The van der Waals surface area contributed by atoms with Crippen LogP contribution in [0.2, 0.25) is 0 Å². The van der Waals surface area contributed by atoms with Crippen molar-refractivity contribution in [1.82, 2.24) is 20.1 Å². The Morgan fingerprint density at radius 3 is 2.52 bits per heavy atom. The van der Waals surface area contributed by atoms with Crippen LogP contribution in [0.1, 0.15) is 44.2 Å². The smallest absolute Gasteiger partial charge is 0.244 e. The maximum atomic E-state index is 13.3. The molecule has 5 heteroatoms. The van der Waals surface area contributed by atoms with Crippen LogP contribution < -0.4 is 5.32 Å². The zero-order valence-corrected chi connectivity index (χ0v) is 14.1. The van der Waals surface area contributed by atoms with Crippen molar-refractivity contribution >= 4 is 5.91 Å². The van der Waals surface area contributed by atoms with Crippen LogP contribution in [0.15, 0.2) is 24.5 Å².